The topological polar surface area (TPSA) is 24.4 Å². The smallest absolute Gasteiger partial charge is 0.0391 e. The van der Waals surface area contributed by atoms with Crippen molar-refractivity contribution in [3.63, 3.8) is 0 Å². The number of hydrogen-bond acceptors (Lipinski definition) is 4. The van der Waals surface area contributed by atoms with Gasteiger partial charge in [0.05, 0.1) is 0 Å². The first-order valence-corrected chi connectivity index (χ1v) is 15.3. The molecule has 0 spiro atoms. The van der Waals surface area contributed by atoms with Gasteiger partial charge in [-0.1, -0.05) is 113 Å². The predicted octanol–water partition coefficient (Wildman–Crippen LogP) is 10.4. The van der Waals surface area contributed by atoms with Crippen molar-refractivity contribution in [2.75, 3.05) is 0 Å². The first kappa shape index (κ1) is 33.5. The van der Waals surface area contributed by atoms with E-state index in [1.165, 1.54) is 33.5 Å². The van der Waals surface area contributed by atoms with Crippen molar-refractivity contribution in [3.05, 3.63) is 161 Å². The Hall–Kier alpha value is -4.73. The maximum Gasteiger partial charge on any atom is 0.0391 e. The fourth-order valence-corrected chi connectivity index (χ4v) is 4.92. The molecule has 4 rings (SSSR count). The molecule has 4 aromatic carbocycles. The van der Waals surface area contributed by atoms with Gasteiger partial charge in [-0.2, -0.15) is 24.3 Å². The minimum absolute atomic E-state index is 0. The van der Waals surface area contributed by atoms with Gasteiger partial charge in [-0.15, -0.1) is 29.0 Å². The van der Waals surface area contributed by atoms with Crippen molar-refractivity contribution >= 4 is 42.2 Å². The fourth-order valence-electron chi connectivity index (χ4n) is 3.75. The van der Waals surface area contributed by atoms with E-state index in [1.807, 2.05) is 42.1 Å². The van der Waals surface area contributed by atoms with Crippen LogP contribution in [0.15, 0.2) is 137 Å². The molecule has 0 aliphatic carbocycles. The van der Waals surface area contributed by atoms with E-state index in [2.05, 4.69) is 141 Å². The predicted molar refractivity (Wildman–Crippen MR) is 184 cm³/mol. The summed E-state index contributed by atoms with van der Waals surface area (Å²) in [5.41, 5.74) is 7.15. The third-order valence-corrected chi connectivity index (χ3v) is 7.70. The Bertz CT molecular complexity index is 1420. The fraction of sp³-hybridized carbons (Fsp3) is 0.162. The number of hydrogen-bond donors (Lipinski definition) is 1. The molecule has 0 amide bonds. The van der Waals surface area contributed by atoms with Crippen molar-refractivity contribution in [3.8, 4) is 0 Å². The molecule has 0 saturated heterocycles. The number of nitrogens with zero attached hydrogens (tertiary/aromatic N) is 1. The Morgan fingerprint density at radius 1 is 0.881 bits per heavy atom. The average molecular weight is 828 g/mol. The molecule has 2 nitrogen and oxygen atoms in total. The number of rotatable bonds is 11. The van der Waals surface area contributed by atoms with E-state index in [9.17, 15) is 0 Å². The summed E-state index contributed by atoms with van der Waals surface area (Å²) in [6.07, 6.45) is 3.90. The van der Waals surface area contributed by atoms with Crippen molar-refractivity contribution in [1.29, 1.82) is 0 Å². The van der Waals surface area contributed by atoms with Gasteiger partial charge >= 0.3 is 0 Å². The van der Waals surface area contributed by atoms with Gasteiger partial charge in [0.25, 0.3) is 0 Å². The van der Waals surface area contributed by atoms with Gasteiger partial charge in [-0.05, 0) is 46.7 Å². The van der Waals surface area contributed by atoms with Gasteiger partial charge in [0.1, 0.15) is 0 Å². The van der Waals surface area contributed by atoms with Gasteiger partial charge in [-0.3, -0.25) is 0 Å². The summed E-state index contributed by atoms with van der Waals surface area (Å²) in [4.78, 5) is 2.13. The van der Waals surface area contributed by atoms with Crippen LogP contribution >= 0.6 is 23.7 Å². The Balaban J connectivity index is 0.000000475. The molecule has 0 aliphatic heterocycles. The molecule has 0 atom stereocenters. The zero-order valence-electron chi connectivity index (χ0n) is 24.6. The molecule has 0 saturated carbocycles. The first-order valence-electron chi connectivity index (χ1n) is 13.5. The van der Waals surface area contributed by atoms with Crippen molar-refractivity contribution in [2.24, 2.45) is 4.40 Å². The molecule has 42 heavy (non-hydrogen) atoms. The second-order valence-electron chi connectivity index (χ2n) is 10.4. The Morgan fingerprint density at radius 2 is 1.50 bits per heavy atom. The maximum atomic E-state index is 4.18. The summed E-state index contributed by atoms with van der Waals surface area (Å²) in [6, 6.07) is 38.9. The van der Waals surface area contributed by atoms with E-state index in [0.717, 1.165) is 34.0 Å². The summed E-state index contributed by atoms with van der Waals surface area (Å²) in [5, 5.41) is 3.42. The third kappa shape index (κ3) is 11.8. The molecule has 0 aromatic heterocycles. The van der Waals surface area contributed by atoms with Crippen LogP contribution in [0.2, 0.25) is 0 Å². The molecule has 5 heteroatoms. The number of nitrogens with one attached hydrogen (secondary N) is 1. The normalized spacial score (nSPS) is 10.6. The standard InChI is InChI=1S/C27H25N2S2.C10H14.Es/c1-21(31-28-3)12-13-23-8-7-9-26(18-23)22(2)29-19-24-14-16-25(17-15-24)20-30-27-10-5-4-6-11-27;1-10(2,3)9-7-5-4-6-8-9;/h4-6,8-18,29H,1-3,19-20H2;4-8H,1-3H3;/q-1;;/b13-12+;;. The van der Waals surface area contributed by atoms with Crippen LogP contribution in [0.1, 0.15) is 48.6 Å². The van der Waals surface area contributed by atoms with Gasteiger partial charge in [0.2, 0.25) is 0 Å². The molecule has 1 N–H and O–H groups in total. The molecule has 1 radical (unpaired) electrons. The maximum absolute atomic E-state index is 4.18. The molecule has 0 fully saturated rings. The summed E-state index contributed by atoms with van der Waals surface area (Å²) < 4.78 is 3.76. The van der Waals surface area contributed by atoms with Crippen LogP contribution in [0.5, 0.6) is 0 Å². The largest absolute Gasteiger partial charge is 0.391 e. The second kappa shape index (κ2) is 17.2. The zero-order chi connectivity index (χ0) is 29.5. The quantitative estimate of drug-likeness (QED) is 0.0536. The van der Waals surface area contributed by atoms with Crippen molar-refractivity contribution < 1.29 is 0 Å². The van der Waals surface area contributed by atoms with E-state index in [4.69, 9.17) is 0 Å². The molecular formula is C37H39EsN2S2-. The average Bonchev–Trinajstić information content (AvgIpc) is 2.99. The van der Waals surface area contributed by atoms with E-state index < -0.39 is 0 Å². The van der Waals surface area contributed by atoms with Gasteiger partial charge in [-0.25, -0.2) is 4.40 Å². The number of allylic oxidation sites excluding steroid dienone is 1. The van der Waals surface area contributed by atoms with Crippen molar-refractivity contribution in [1.82, 2.24) is 5.32 Å². The van der Waals surface area contributed by atoms with Crippen LogP contribution in [-0.4, -0.2) is 6.72 Å². The molecule has 0 heterocycles. The SMILES string of the molecule is C=NSC(=C)/C=C/c1c[c-]cc(C(=C)NCc2ccc(CSc3ccccc3)cc2)c1.CC(C)(C)c1ccccc1.[Es]. The Morgan fingerprint density at radius 3 is 2.10 bits per heavy atom. The number of thioether (sulfide) groups is 1. The zero-order valence-corrected chi connectivity index (χ0v) is 28.7. The van der Waals surface area contributed by atoms with E-state index in [0.29, 0.717) is 5.41 Å². The van der Waals surface area contributed by atoms with Crippen LogP contribution in [0, 0.1) is 6.07 Å². The molecular weight excluding hydrogens is 789 g/mol. The van der Waals surface area contributed by atoms with Crippen LogP contribution < -0.4 is 5.32 Å². The van der Waals surface area contributed by atoms with Gasteiger partial charge < -0.3 is 5.32 Å². The van der Waals surface area contributed by atoms with E-state index in [1.54, 1.807) is 0 Å². The first-order chi connectivity index (χ1) is 19.7. The minimum atomic E-state index is 0. The summed E-state index contributed by atoms with van der Waals surface area (Å²) in [6.45, 7) is 19.0. The van der Waals surface area contributed by atoms with Crippen LogP contribution in [-0.2, 0) is 17.7 Å². The summed E-state index contributed by atoms with van der Waals surface area (Å²) >= 11 is 3.11. The molecule has 0 aliphatic rings. The molecule has 4 aromatic rings. The van der Waals surface area contributed by atoms with Crippen LogP contribution in [0.4, 0.5) is 0 Å². The monoisotopic (exact) mass is 827 g/mol. The van der Waals surface area contributed by atoms with Gasteiger partial charge in [0.15, 0.2) is 0 Å². The molecule has 221 valence electrons. The molecule has 0 unspecified atom stereocenters. The van der Waals surface area contributed by atoms with Crippen LogP contribution in [0.25, 0.3) is 11.8 Å². The Kier molecular flexibility index (Phi) is 13.7. The molecule has 0 bridgehead atoms. The van der Waals surface area contributed by atoms with Crippen LogP contribution in [0.3, 0.4) is 0 Å². The minimum Gasteiger partial charge on any atom is -0.391 e. The Labute approximate surface area is 255 Å². The second-order valence-corrected chi connectivity index (χ2v) is 12.5. The summed E-state index contributed by atoms with van der Waals surface area (Å²) in [5.74, 6) is 0.967. The van der Waals surface area contributed by atoms with E-state index in [-0.39, 0.29) is 0 Å². The third-order valence-electron chi connectivity index (χ3n) is 6.12. The van der Waals surface area contributed by atoms with Crippen molar-refractivity contribution in [2.45, 2.75) is 43.4 Å². The number of benzene rings is 4. The summed E-state index contributed by atoms with van der Waals surface area (Å²) in [7, 11) is 0. The van der Waals surface area contributed by atoms with Gasteiger partial charge in [0, 0.05) is 34.0 Å². The van der Waals surface area contributed by atoms with E-state index >= 15 is 0 Å².